The van der Waals surface area contributed by atoms with E-state index in [0.29, 0.717) is 17.9 Å². The van der Waals surface area contributed by atoms with Gasteiger partial charge in [-0.15, -0.1) is 19.6 Å². The largest absolute Gasteiger partial charge is 0.573 e. The Morgan fingerprint density at radius 1 is 0.852 bits per heavy atom. The van der Waals surface area contributed by atoms with Gasteiger partial charge < -0.3 is 9.47 Å². The number of benzene rings is 3. The third kappa shape index (κ3) is 5.05. The SMILES string of the molecule is C#Cc1ccc(-c2ccc(OCc3ccccc3)cc2)cc1OC(F)(F)F. The van der Waals surface area contributed by atoms with Crippen molar-refractivity contribution in [3.05, 3.63) is 83.9 Å². The first-order valence-electron chi connectivity index (χ1n) is 8.08. The second-order valence-electron chi connectivity index (χ2n) is 5.70. The summed E-state index contributed by atoms with van der Waals surface area (Å²) in [4.78, 5) is 0. The summed E-state index contributed by atoms with van der Waals surface area (Å²) in [7, 11) is 0. The van der Waals surface area contributed by atoms with Gasteiger partial charge in [-0.25, -0.2) is 0 Å². The van der Waals surface area contributed by atoms with Crippen LogP contribution in [0.15, 0.2) is 72.8 Å². The Kier molecular flexibility index (Phi) is 5.37. The van der Waals surface area contributed by atoms with Gasteiger partial charge in [-0.05, 0) is 41.0 Å². The zero-order valence-corrected chi connectivity index (χ0v) is 14.2. The van der Waals surface area contributed by atoms with Crippen molar-refractivity contribution in [2.45, 2.75) is 13.0 Å². The van der Waals surface area contributed by atoms with Crippen LogP contribution >= 0.6 is 0 Å². The average molecular weight is 368 g/mol. The van der Waals surface area contributed by atoms with Crippen molar-refractivity contribution >= 4 is 0 Å². The van der Waals surface area contributed by atoms with Crippen molar-refractivity contribution in [3.63, 3.8) is 0 Å². The maximum Gasteiger partial charge on any atom is 0.573 e. The molecule has 136 valence electrons. The summed E-state index contributed by atoms with van der Waals surface area (Å²) in [5, 5.41) is 0. The lowest BCUT2D eigenvalue weighted by atomic mass is 10.0. The van der Waals surface area contributed by atoms with Crippen LogP contribution < -0.4 is 9.47 Å². The van der Waals surface area contributed by atoms with Gasteiger partial charge in [0.1, 0.15) is 18.1 Å². The third-order valence-electron chi connectivity index (χ3n) is 3.80. The maximum atomic E-state index is 12.6. The molecule has 3 rings (SSSR count). The number of alkyl halides is 3. The Labute approximate surface area is 155 Å². The molecule has 0 amide bonds. The summed E-state index contributed by atoms with van der Waals surface area (Å²) >= 11 is 0. The molecule has 0 aromatic heterocycles. The van der Waals surface area contributed by atoms with Gasteiger partial charge in [0, 0.05) is 0 Å². The van der Waals surface area contributed by atoms with E-state index < -0.39 is 12.1 Å². The fourth-order valence-electron chi connectivity index (χ4n) is 2.51. The first kappa shape index (κ1) is 18.4. The second kappa shape index (κ2) is 7.88. The Balaban J connectivity index is 1.76. The van der Waals surface area contributed by atoms with Crippen molar-refractivity contribution < 1.29 is 22.6 Å². The first-order valence-corrected chi connectivity index (χ1v) is 8.08. The van der Waals surface area contributed by atoms with Crippen molar-refractivity contribution in [2.75, 3.05) is 0 Å². The van der Waals surface area contributed by atoms with E-state index in [2.05, 4.69) is 10.7 Å². The number of halogens is 3. The van der Waals surface area contributed by atoms with Crippen LogP contribution in [0.5, 0.6) is 11.5 Å². The molecule has 27 heavy (non-hydrogen) atoms. The Bertz CT molecular complexity index is 940. The van der Waals surface area contributed by atoms with Gasteiger partial charge in [0.25, 0.3) is 0 Å². The molecule has 3 aromatic rings. The van der Waals surface area contributed by atoms with Crippen LogP contribution in [-0.2, 0) is 6.61 Å². The van der Waals surface area contributed by atoms with E-state index >= 15 is 0 Å². The highest BCUT2D eigenvalue weighted by Gasteiger charge is 2.32. The average Bonchev–Trinajstić information content (AvgIpc) is 2.66. The molecule has 0 heterocycles. The van der Waals surface area contributed by atoms with Gasteiger partial charge in [-0.2, -0.15) is 0 Å². The van der Waals surface area contributed by atoms with Crippen LogP contribution in [0.2, 0.25) is 0 Å². The summed E-state index contributed by atoms with van der Waals surface area (Å²) in [5.41, 5.74) is 2.36. The van der Waals surface area contributed by atoms with E-state index in [4.69, 9.17) is 11.2 Å². The van der Waals surface area contributed by atoms with Gasteiger partial charge in [0.05, 0.1) is 5.56 Å². The highest BCUT2D eigenvalue weighted by Crippen LogP contribution is 2.31. The molecule has 0 fully saturated rings. The third-order valence-corrected chi connectivity index (χ3v) is 3.80. The normalized spacial score (nSPS) is 10.9. The van der Waals surface area contributed by atoms with E-state index in [1.807, 2.05) is 30.3 Å². The molecule has 0 unspecified atom stereocenters. The summed E-state index contributed by atoms with van der Waals surface area (Å²) in [5.74, 6) is 2.46. The minimum Gasteiger partial charge on any atom is -0.489 e. The van der Waals surface area contributed by atoms with Crippen LogP contribution in [-0.4, -0.2) is 6.36 Å². The molecule has 0 spiro atoms. The lowest BCUT2D eigenvalue weighted by molar-refractivity contribution is -0.274. The predicted molar refractivity (Wildman–Crippen MR) is 97.3 cm³/mol. The second-order valence-corrected chi connectivity index (χ2v) is 5.70. The summed E-state index contributed by atoms with van der Waals surface area (Å²) in [6.07, 6.45) is 0.439. The van der Waals surface area contributed by atoms with E-state index in [9.17, 15) is 13.2 Å². The summed E-state index contributed by atoms with van der Waals surface area (Å²) in [6, 6.07) is 21.1. The topological polar surface area (TPSA) is 18.5 Å². The zero-order chi connectivity index (χ0) is 19.3. The lowest BCUT2D eigenvalue weighted by Gasteiger charge is -2.13. The van der Waals surface area contributed by atoms with Crippen LogP contribution in [0.25, 0.3) is 11.1 Å². The molecule has 0 aliphatic carbocycles. The fraction of sp³-hybridized carbons (Fsp3) is 0.0909. The Hall–Kier alpha value is -3.39. The molecule has 0 N–H and O–H groups in total. The Morgan fingerprint density at radius 3 is 2.15 bits per heavy atom. The van der Waals surface area contributed by atoms with Gasteiger partial charge in [-0.3, -0.25) is 0 Å². The van der Waals surface area contributed by atoms with Gasteiger partial charge in [-0.1, -0.05) is 54.5 Å². The standard InChI is InChI=1S/C22H15F3O2/c1-2-17-8-9-19(14-21(17)27-22(23,24)25)18-10-12-20(13-11-18)26-15-16-6-4-3-5-7-16/h1,3-14H,15H2. The summed E-state index contributed by atoms with van der Waals surface area (Å²) in [6.45, 7) is 0.431. The number of rotatable bonds is 5. The number of ether oxygens (including phenoxy) is 2. The van der Waals surface area contributed by atoms with Crippen molar-refractivity contribution in [1.82, 2.24) is 0 Å². The van der Waals surface area contributed by atoms with Crippen molar-refractivity contribution in [3.8, 4) is 35.0 Å². The lowest BCUT2D eigenvalue weighted by Crippen LogP contribution is -2.17. The molecule has 3 aromatic carbocycles. The van der Waals surface area contributed by atoms with Gasteiger partial charge in [0.2, 0.25) is 0 Å². The van der Waals surface area contributed by atoms with Crippen LogP contribution in [0.3, 0.4) is 0 Å². The van der Waals surface area contributed by atoms with E-state index in [1.54, 1.807) is 30.3 Å². The molecule has 0 radical (unpaired) electrons. The predicted octanol–water partition coefficient (Wildman–Crippen LogP) is 5.81. The molecule has 2 nitrogen and oxygen atoms in total. The molecule has 0 atom stereocenters. The van der Waals surface area contributed by atoms with Crippen molar-refractivity contribution in [1.29, 1.82) is 0 Å². The van der Waals surface area contributed by atoms with E-state index in [0.717, 1.165) is 11.1 Å². The number of hydrogen-bond donors (Lipinski definition) is 0. The molecule has 0 aliphatic rings. The minimum absolute atomic E-state index is 0.0406. The highest BCUT2D eigenvalue weighted by molar-refractivity contribution is 5.68. The highest BCUT2D eigenvalue weighted by atomic mass is 19.4. The minimum atomic E-state index is -4.81. The number of terminal acetylenes is 1. The van der Waals surface area contributed by atoms with Crippen LogP contribution in [0.4, 0.5) is 13.2 Å². The van der Waals surface area contributed by atoms with Gasteiger partial charge in [0.15, 0.2) is 0 Å². The smallest absolute Gasteiger partial charge is 0.489 e. The first-order chi connectivity index (χ1) is 12.9. The molecular weight excluding hydrogens is 353 g/mol. The monoisotopic (exact) mass is 368 g/mol. The maximum absolute atomic E-state index is 12.6. The van der Waals surface area contributed by atoms with Gasteiger partial charge >= 0.3 is 6.36 Å². The number of hydrogen-bond acceptors (Lipinski definition) is 2. The molecule has 0 bridgehead atoms. The zero-order valence-electron chi connectivity index (χ0n) is 14.2. The molecule has 5 heteroatoms. The van der Waals surface area contributed by atoms with Crippen molar-refractivity contribution in [2.24, 2.45) is 0 Å². The van der Waals surface area contributed by atoms with Crippen LogP contribution in [0, 0.1) is 12.3 Å². The molecule has 0 saturated heterocycles. The quantitative estimate of drug-likeness (QED) is 0.529. The molecule has 0 aliphatic heterocycles. The summed E-state index contributed by atoms with van der Waals surface area (Å²) < 4.78 is 47.4. The fourth-order valence-corrected chi connectivity index (χ4v) is 2.51. The molecule has 0 saturated carbocycles. The van der Waals surface area contributed by atoms with E-state index in [1.165, 1.54) is 12.1 Å². The van der Waals surface area contributed by atoms with E-state index in [-0.39, 0.29) is 5.56 Å². The molecular formula is C22H15F3O2. The van der Waals surface area contributed by atoms with Crippen LogP contribution in [0.1, 0.15) is 11.1 Å². The Morgan fingerprint density at radius 2 is 1.52 bits per heavy atom.